The molecule has 3 aliphatic heterocycles. The van der Waals surface area contributed by atoms with Gasteiger partial charge in [0.15, 0.2) is 18.9 Å². The number of fused-ring (bicyclic) bond motifs is 2. The second kappa shape index (κ2) is 16.5. The second-order valence-corrected chi connectivity index (χ2v) is 22.6. The zero-order chi connectivity index (χ0) is 45.3. The Balaban J connectivity index is 1.06. The highest BCUT2D eigenvalue weighted by Crippen LogP contribution is 2.89. The van der Waals surface area contributed by atoms with E-state index >= 15 is 0 Å². The third kappa shape index (κ3) is 7.38. The lowest BCUT2D eigenvalue weighted by atomic mass is 9.41. The minimum Gasteiger partial charge on any atom is -0.393 e. The van der Waals surface area contributed by atoms with Gasteiger partial charge >= 0.3 is 0 Å². The van der Waals surface area contributed by atoms with Crippen molar-refractivity contribution in [1.29, 1.82) is 0 Å². The zero-order valence-corrected chi connectivity index (χ0v) is 37.4. The molecule has 0 aromatic carbocycles. The quantitative estimate of drug-likeness (QED) is 0.119. The Labute approximate surface area is 364 Å². The van der Waals surface area contributed by atoms with E-state index in [0.717, 1.165) is 25.7 Å². The van der Waals surface area contributed by atoms with E-state index in [9.17, 15) is 56.2 Å². The monoisotopic (exact) mass is 889 g/mol. The van der Waals surface area contributed by atoms with Gasteiger partial charge in [-0.25, -0.2) is 0 Å². The first-order chi connectivity index (χ1) is 28.8. The second-order valence-electron chi connectivity index (χ2n) is 22.6. The van der Waals surface area contributed by atoms with Gasteiger partial charge in [-0.2, -0.15) is 0 Å². The van der Waals surface area contributed by atoms with Gasteiger partial charge in [-0.3, -0.25) is 0 Å². The van der Waals surface area contributed by atoms with Crippen molar-refractivity contribution >= 4 is 0 Å². The van der Waals surface area contributed by atoms with E-state index in [4.69, 9.17) is 28.4 Å². The van der Waals surface area contributed by atoms with Crippen molar-refractivity contribution in [2.24, 2.45) is 50.7 Å². The molecule has 3 heterocycles. The molecule has 5 saturated carbocycles. The molecular weight excluding hydrogens is 812 g/mol. The number of hydrogen-bond donors (Lipinski definition) is 11. The molecule has 5 aliphatic carbocycles. The summed E-state index contributed by atoms with van der Waals surface area (Å²) in [5.74, 6) is -0.151. The van der Waals surface area contributed by atoms with Crippen LogP contribution in [0.1, 0.15) is 106 Å². The fraction of sp³-hybridized carbons (Fsp3) is 1.00. The fourth-order valence-electron chi connectivity index (χ4n) is 15.2. The van der Waals surface area contributed by atoms with E-state index in [1.807, 2.05) is 0 Å². The van der Waals surface area contributed by atoms with Gasteiger partial charge in [-0.05, 0) is 122 Å². The zero-order valence-electron chi connectivity index (χ0n) is 37.4. The molecule has 0 aromatic rings. The normalized spacial score (nSPS) is 54.7. The molecule has 3 saturated heterocycles. The lowest BCUT2D eigenvalue weighted by molar-refractivity contribution is -0.326. The van der Waals surface area contributed by atoms with Crippen LogP contribution >= 0.6 is 0 Å². The van der Waals surface area contributed by atoms with Gasteiger partial charge in [0.1, 0.15) is 54.9 Å². The van der Waals surface area contributed by atoms with Gasteiger partial charge in [0.25, 0.3) is 0 Å². The minimum atomic E-state index is -1.50. The van der Waals surface area contributed by atoms with Crippen LogP contribution in [0.4, 0.5) is 0 Å². The lowest BCUT2D eigenvalue weighted by Crippen LogP contribution is -2.64. The molecule has 0 aromatic heterocycles. The summed E-state index contributed by atoms with van der Waals surface area (Å²) < 4.78 is 36.7. The van der Waals surface area contributed by atoms with E-state index in [1.54, 1.807) is 13.8 Å². The van der Waals surface area contributed by atoms with E-state index in [0.29, 0.717) is 32.1 Å². The van der Waals surface area contributed by atoms with Crippen LogP contribution in [-0.2, 0) is 28.4 Å². The Hall–Kier alpha value is -0.680. The summed E-state index contributed by atoms with van der Waals surface area (Å²) in [6, 6.07) is 0. The molecule has 0 bridgehead atoms. The van der Waals surface area contributed by atoms with Crippen LogP contribution in [0.15, 0.2) is 0 Å². The molecule has 8 rings (SSSR count). The van der Waals surface area contributed by atoms with Crippen molar-refractivity contribution in [3.05, 3.63) is 0 Å². The summed E-state index contributed by atoms with van der Waals surface area (Å²) in [5, 5.41) is 118. The summed E-state index contributed by atoms with van der Waals surface area (Å²) in [6.07, 6.45) is -12.2. The molecule has 17 nitrogen and oxygen atoms in total. The molecule has 0 radical (unpaired) electrons. The van der Waals surface area contributed by atoms with Crippen LogP contribution in [0.5, 0.6) is 0 Å². The van der Waals surface area contributed by atoms with Crippen molar-refractivity contribution < 1.29 is 84.6 Å². The first kappa shape index (κ1) is 47.8. The Bertz CT molecular complexity index is 1600. The van der Waals surface area contributed by atoms with E-state index in [-0.39, 0.29) is 65.2 Å². The Morgan fingerprint density at radius 3 is 1.73 bits per heavy atom. The maximum absolute atomic E-state index is 12.3. The van der Waals surface area contributed by atoms with Gasteiger partial charge < -0.3 is 84.6 Å². The average molecular weight is 889 g/mol. The number of rotatable bonds is 11. The van der Waals surface area contributed by atoms with Gasteiger partial charge in [0, 0.05) is 0 Å². The number of aliphatic hydroxyl groups is 11. The SMILES string of the molecule is C[C@H](CC[C@H](O[C@@H]1OC[C@@H](O)[C@H](O)[C@H]1O)C(C)(C)O)[C@H]1[C@@H](O)C[C@@]2(C)[C@H]3C[C@H](O[C@@H]4OC[C@@H](O)[C@H](O)[C@H]4O)[C@H]4C(C)(C)[C@@H](O[C@@H]5OC[C@@H](O)[C@H](O)[C@H]5O)CC[C@@]45C[C@@]35CC[C@]12C. The Kier molecular flexibility index (Phi) is 12.7. The molecule has 2 spiro atoms. The smallest absolute Gasteiger partial charge is 0.186 e. The van der Waals surface area contributed by atoms with Crippen molar-refractivity contribution in [3.63, 3.8) is 0 Å². The van der Waals surface area contributed by atoms with Crippen LogP contribution in [0.2, 0.25) is 0 Å². The van der Waals surface area contributed by atoms with Gasteiger partial charge in [0.05, 0.1) is 49.8 Å². The molecule has 62 heavy (non-hydrogen) atoms. The third-order valence-electron chi connectivity index (χ3n) is 18.6. The maximum Gasteiger partial charge on any atom is 0.186 e. The van der Waals surface area contributed by atoms with E-state index in [2.05, 4.69) is 34.6 Å². The van der Waals surface area contributed by atoms with Crippen LogP contribution in [0.3, 0.4) is 0 Å². The molecule has 8 aliphatic rings. The van der Waals surface area contributed by atoms with Crippen molar-refractivity contribution in [2.45, 2.75) is 210 Å². The molecule has 17 heteroatoms. The molecule has 358 valence electrons. The Morgan fingerprint density at radius 1 is 0.629 bits per heavy atom. The predicted molar refractivity (Wildman–Crippen MR) is 216 cm³/mol. The van der Waals surface area contributed by atoms with Gasteiger partial charge in [0.2, 0.25) is 0 Å². The van der Waals surface area contributed by atoms with E-state index < -0.39 is 109 Å². The van der Waals surface area contributed by atoms with E-state index in [1.165, 1.54) is 0 Å². The van der Waals surface area contributed by atoms with Crippen LogP contribution in [0, 0.1) is 50.7 Å². The molecule has 0 amide bonds. The summed E-state index contributed by atoms with van der Waals surface area (Å²) in [5.41, 5.74) is -2.87. The van der Waals surface area contributed by atoms with Gasteiger partial charge in [-0.15, -0.1) is 0 Å². The fourth-order valence-corrected chi connectivity index (χ4v) is 15.2. The third-order valence-corrected chi connectivity index (χ3v) is 18.6. The minimum absolute atomic E-state index is 0.0114. The highest BCUT2D eigenvalue weighted by Gasteiger charge is 2.84. The van der Waals surface area contributed by atoms with Crippen LogP contribution < -0.4 is 0 Å². The van der Waals surface area contributed by atoms with Crippen molar-refractivity contribution in [2.75, 3.05) is 19.8 Å². The van der Waals surface area contributed by atoms with Crippen molar-refractivity contribution in [1.82, 2.24) is 0 Å². The summed E-state index contributed by atoms with van der Waals surface area (Å²) >= 11 is 0. The molecular formula is C45H76O17. The Morgan fingerprint density at radius 2 is 1.16 bits per heavy atom. The topological polar surface area (TPSA) is 278 Å². The number of hydrogen-bond acceptors (Lipinski definition) is 17. The molecule has 11 N–H and O–H groups in total. The summed E-state index contributed by atoms with van der Waals surface area (Å²) in [6.45, 7) is 13.7. The molecule has 0 unspecified atom stereocenters. The number of ether oxygens (including phenoxy) is 6. The average Bonchev–Trinajstić information content (AvgIpc) is 3.79. The highest BCUT2D eigenvalue weighted by molar-refractivity contribution is 5.33. The first-order valence-corrected chi connectivity index (χ1v) is 23.2. The number of aliphatic hydroxyl groups excluding tert-OH is 10. The summed E-state index contributed by atoms with van der Waals surface area (Å²) in [4.78, 5) is 0. The highest BCUT2D eigenvalue weighted by atomic mass is 16.7. The standard InChI is InChI=1S/C45H76O17/c1-20(8-9-28(41(4,5)56)62-39-35(55)32(52)24(49)18-59-39)29-21(46)15-43(7)26-14-25(60-37-33(53)30(50)22(47)16-57-37)36-40(2,3)27(61-38-34(54)31(51)23(48)17-58-38)10-11-45(36)19-44(26,45)13-12-42(29,43)6/h20-39,46-56H,8-19H2,1-7H3/t20-,21+,22-,23-,24-,25+,26-,27+,28+,29+,30+,31+,32+,33-,34-,35-,36+,37+,38+,39+,42-,43+,44+,45-/m1/s1. The molecule has 8 fully saturated rings. The van der Waals surface area contributed by atoms with Crippen LogP contribution in [0.25, 0.3) is 0 Å². The van der Waals surface area contributed by atoms with Crippen LogP contribution in [-0.4, -0.2) is 180 Å². The largest absolute Gasteiger partial charge is 0.393 e. The lowest BCUT2D eigenvalue weighted by Gasteiger charge is -2.65. The molecule has 24 atom stereocenters. The first-order valence-electron chi connectivity index (χ1n) is 23.2. The van der Waals surface area contributed by atoms with Gasteiger partial charge in [-0.1, -0.05) is 34.6 Å². The summed E-state index contributed by atoms with van der Waals surface area (Å²) in [7, 11) is 0. The van der Waals surface area contributed by atoms with Crippen molar-refractivity contribution in [3.8, 4) is 0 Å². The predicted octanol–water partition coefficient (Wildman–Crippen LogP) is -0.334. The maximum atomic E-state index is 12.3.